The van der Waals surface area contributed by atoms with Gasteiger partial charge in [0, 0.05) is 24.1 Å². The normalized spacial score (nSPS) is 15.9. The molecule has 1 aliphatic heterocycles. The highest BCUT2D eigenvalue weighted by Gasteiger charge is 2.27. The molecule has 9 heteroatoms. The molecule has 1 unspecified atom stereocenters. The smallest absolute Gasteiger partial charge is 0.308 e. The first kappa shape index (κ1) is 16.1. The Labute approximate surface area is 150 Å². The third-order valence-corrected chi connectivity index (χ3v) is 5.72. The zero-order valence-electron chi connectivity index (χ0n) is 13.0. The topological polar surface area (TPSA) is 87.2 Å². The molecule has 7 nitrogen and oxygen atoms in total. The van der Waals surface area contributed by atoms with E-state index >= 15 is 0 Å². The Bertz CT molecular complexity index is 948. The van der Waals surface area contributed by atoms with E-state index in [1.54, 1.807) is 22.0 Å². The van der Waals surface area contributed by atoms with E-state index in [9.17, 15) is 9.59 Å². The minimum Gasteiger partial charge on any atom is -0.459 e. The fourth-order valence-electron chi connectivity index (χ4n) is 2.56. The molecular weight excluding hydrogens is 362 g/mol. The number of fused-ring (bicyclic) bond motifs is 1. The summed E-state index contributed by atoms with van der Waals surface area (Å²) in [6, 6.07) is 6.79. The minimum atomic E-state index is -0.380. The van der Waals surface area contributed by atoms with E-state index < -0.39 is 0 Å². The second-order valence-electron chi connectivity index (χ2n) is 5.43. The summed E-state index contributed by atoms with van der Waals surface area (Å²) in [5.74, 6) is 0.906. The van der Waals surface area contributed by atoms with Gasteiger partial charge in [-0.15, -0.1) is 11.3 Å². The van der Waals surface area contributed by atoms with Crippen LogP contribution in [0.3, 0.4) is 0 Å². The summed E-state index contributed by atoms with van der Waals surface area (Å²) in [6.07, 6.45) is 1.61. The number of hydrogen-bond donors (Lipinski definition) is 0. The lowest BCUT2D eigenvalue weighted by Gasteiger charge is -2.11. The summed E-state index contributed by atoms with van der Waals surface area (Å²) in [7, 11) is 0. The Morgan fingerprint density at radius 2 is 2.36 bits per heavy atom. The van der Waals surface area contributed by atoms with Crippen LogP contribution < -0.4 is 5.56 Å². The van der Waals surface area contributed by atoms with E-state index in [0.29, 0.717) is 22.4 Å². The maximum Gasteiger partial charge on any atom is 0.308 e. The van der Waals surface area contributed by atoms with Gasteiger partial charge in [-0.05, 0) is 11.4 Å². The number of thiophene rings is 1. The van der Waals surface area contributed by atoms with Gasteiger partial charge in [0.1, 0.15) is 12.3 Å². The van der Waals surface area contributed by atoms with Crippen molar-refractivity contribution in [3.05, 3.63) is 51.9 Å². The van der Waals surface area contributed by atoms with Crippen molar-refractivity contribution in [2.75, 3.05) is 5.75 Å². The summed E-state index contributed by atoms with van der Waals surface area (Å²) in [5, 5.41) is 6.50. The molecule has 3 aromatic rings. The third kappa shape index (κ3) is 3.38. The van der Waals surface area contributed by atoms with Crippen LogP contribution in [-0.4, -0.2) is 26.4 Å². The van der Waals surface area contributed by atoms with Crippen molar-refractivity contribution in [2.45, 2.75) is 24.2 Å². The first-order valence-corrected chi connectivity index (χ1v) is 9.42. The molecule has 25 heavy (non-hydrogen) atoms. The van der Waals surface area contributed by atoms with Crippen LogP contribution in [0.25, 0.3) is 10.6 Å². The van der Waals surface area contributed by atoms with Crippen LogP contribution in [0.5, 0.6) is 0 Å². The molecule has 3 aromatic heterocycles. The van der Waals surface area contributed by atoms with Gasteiger partial charge in [0.15, 0.2) is 10.9 Å². The molecule has 0 saturated heterocycles. The Hall–Kier alpha value is -2.39. The summed E-state index contributed by atoms with van der Waals surface area (Å²) < 4.78 is 12.1. The van der Waals surface area contributed by atoms with Crippen LogP contribution in [0, 0.1) is 0 Å². The first-order chi connectivity index (χ1) is 12.2. The van der Waals surface area contributed by atoms with Crippen LogP contribution in [0.4, 0.5) is 0 Å². The molecule has 4 rings (SSSR count). The molecule has 0 bridgehead atoms. The number of ether oxygens (including phenoxy) is 1. The van der Waals surface area contributed by atoms with Crippen LogP contribution in [0.1, 0.15) is 18.2 Å². The Kier molecular flexibility index (Phi) is 4.41. The second kappa shape index (κ2) is 6.85. The van der Waals surface area contributed by atoms with Gasteiger partial charge in [0.05, 0.1) is 17.3 Å². The molecule has 0 fully saturated rings. The maximum atomic E-state index is 12.1. The summed E-state index contributed by atoms with van der Waals surface area (Å²) >= 11 is 3.01. The van der Waals surface area contributed by atoms with Crippen molar-refractivity contribution in [2.24, 2.45) is 0 Å². The predicted octanol–water partition coefficient (Wildman–Crippen LogP) is 2.74. The lowest BCUT2D eigenvalue weighted by atomic mass is 10.2. The number of hydrogen-bond acceptors (Lipinski definition) is 8. The first-order valence-electron chi connectivity index (χ1n) is 7.56. The Morgan fingerprint density at radius 3 is 3.20 bits per heavy atom. The highest BCUT2D eigenvalue weighted by molar-refractivity contribution is 7.99. The number of nitrogens with zero attached hydrogens (tertiary/aromatic N) is 3. The van der Waals surface area contributed by atoms with Gasteiger partial charge in [-0.25, -0.2) is 4.98 Å². The summed E-state index contributed by atoms with van der Waals surface area (Å²) in [5.41, 5.74) is 0.404. The quantitative estimate of drug-likeness (QED) is 0.500. The highest BCUT2D eigenvalue weighted by atomic mass is 32.2. The number of thioether (sulfide) groups is 1. The van der Waals surface area contributed by atoms with Crippen molar-refractivity contribution in [1.82, 2.24) is 14.7 Å². The van der Waals surface area contributed by atoms with Crippen LogP contribution >= 0.6 is 23.1 Å². The van der Waals surface area contributed by atoms with E-state index in [2.05, 4.69) is 10.1 Å². The lowest BCUT2D eigenvalue weighted by molar-refractivity contribution is -0.145. The molecule has 0 spiro atoms. The maximum absolute atomic E-state index is 12.1. The average Bonchev–Trinajstić information content (AvgIpc) is 3.34. The predicted molar refractivity (Wildman–Crippen MR) is 92.5 cm³/mol. The molecule has 1 atom stereocenters. The van der Waals surface area contributed by atoms with Crippen molar-refractivity contribution in [3.63, 3.8) is 0 Å². The number of rotatable bonds is 5. The molecule has 1 aliphatic rings. The van der Waals surface area contributed by atoms with Crippen LogP contribution in [0.15, 0.2) is 50.3 Å². The van der Waals surface area contributed by atoms with Gasteiger partial charge in [0.25, 0.3) is 5.56 Å². The third-order valence-electron chi connectivity index (χ3n) is 3.72. The number of carbonyl (C=O) groups is 1. The second-order valence-corrected chi connectivity index (χ2v) is 7.36. The van der Waals surface area contributed by atoms with Gasteiger partial charge in [0.2, 0.25) is 0 Å². The monoisotopic (exact) mass is 375 g/mol. The van der Waals surface area contributed by atoms with Crippen LogP contribution in [-0.2, 0) is 16.1 Å². The van der Waals surface area contributed by atoms with Gasteiger partial charge >= 0.3 is 5.97 Å². The van der Waals surface area contributed by atoms with E-state index in [-0.39, 0.29) is 30.6 Å². The van der Waals surface area contributed by atoms with Crippen molar-refractivity contribution >= 4 is 29.1 Å². The average molecular weight is 375 g/mol. The fraction of sp³-hybridized carbons (Fsp3) is 0.250. The van der Waals surface area contributed by atoms with Crippen molar-refractivity contribution in [3.8, 4) is 10.6 Å². The molecule has 0 amide bonds. The molecule has 0 radical (unpaired) electrons. The van der Waals surface area contributed by atoms with Gasteiger partial charge in [-0.1, -0.05) is 23.0 Å². The molecule has 0 aliphatic carbocycles. The Balaban J connectivity index is 1.36. The van der Waals surface area contributed by atoms with E-state index in [1.807, 2.05) is 17.5 Å². The molecule has 0 aromatic carbocycles. The van der Waals surface area contributed by atoms with Gasteiger partial charge < -0.3 is 9.26 Å². The largest absolute Gasteiger partial charge is 0.459 e. The number of esters is 1. The van der Waals surface area contributed by atoms with Crippen LogP contribution in [0.2, 0.25) is 0 Å². The standard InChI is InChI=1S/C16H13N3O4S2/c20-14-3-4-17-16-19(14)11(9-25-16)7-15(21)22-8-10-6-12(23-18-10)13-2-1-5-24-13/h1-6,11H,7-9H2. The minimum absolute atomic E-state index is 0.0440. The highest BCUT2D eigenvalue weighted by Crippen LogP contribution is 2.31. The number of aromatic nitrogens is 3. The zero-order valence-corrected chi connectivity index (χ0v) is 14.6. The summed E-state index contributed by atoms with van der Waals surface area (Å²) in [4.78, 5) is 29.2. The van der Waals surface area contributed by atoms with Crippen molar-refractivity contribution < 1.29 is 14.1 Å². The SMILES string of the molecule is O=C(CC1CSc2nccc(=O)n21)OCc1cc(-c2cccs2)on1. The van der Waals surface area contributed by atoms with E-state index in [4.69, 9.17) is 9.26 Å². The zero-order chi connectivity index (χ0) is 17.2. The fourth-order valence-corrected chi connectivity index (χ4v) is 4.36. The molecule has 4 heterocycles. The van der Waals surface area contributed by atoms with E-state index in [0.717, 1.165) is 4.88 Å². The molecule has 128 valence electrons. The summed E-state index contributed by atoms with van der Waals surface area (Å²) in [6.45, 7) is 0.0440. The van der Waals surface area contributed by atoms with Gasteiger partial charge in [-0.2, -0.15) is 0 Å². The molecule has 0 saturated carbocycles. The molecule has 0 N–H and O–H groups in total. The van der Waals surface area contributed by atoms with E-state index in [1.165, 1.54) is 24.0 Å². The number of carbonyl (C=O) groups excluding carboxylic acids is 1. The van der Waals surface area contributed by atoms with Gasteiger partial charge in [-0.3, -0.25) is 14.2 Å². The molecular formula is C16H13N3O4S2. The Morgan fingerprint density at radius 1 is 1.44 bits per heavy atom. The lowest BCUT2D eigenvalue weighted by Crippen LogP contribution is -2.25. The van der Waals surface area contributed by atoms with Crippen molar-refractivity contribution in [1.29, 1.82) is 0 Å².